The first kappa shape index (κ1) is 9.97. The average Bonchev–Trinajstić information content (AvgIpc) is 2.60. The maximum atomic E-state index is 8.71. The van der Waals surface area contributed by atoms with Crippen LogP contribution in [0, 0.1) is 11.3 Å². The van der Waals surface area contributed by atoms with Gasteiger partial charge in [-0.15, -0.1) is 11.3 Å². The zero-order valence-corrected chi connectivity index (χ0v) is 10.2. The Hall–Kier alpha value is -0.560. The molecule has 2 rings (SSSR count). The number of fused-ring (bicyclic) bond motifs is 1. The Morgan fingerprint density at radius 1 is 1.57 bits per heavy atom. The van der Waals surface area contributed by atoms with Gasteiger partial charge in [0, 0.05) is 9.17 Å². The van der Waals surface area contributed by atoms with Gasteiger partial charge in [-0.2, -0.15) is 5.26 Å². The van der Waals surface area contributed by atoms with Gasteiger partial charge in [-0.05, 0) is 44.4 Å². The molecule has 0 radical (unpaired) electrons. The lowest BCUT2D eigenvalue weighted by molar-refractivity contribution is 1.29. The van der Waals surface area contributed by atoms with Gasteiger partial charge in [-0.1, -0.05) is 11.6 Å². The van der Waals surface area contributed by atoms with Gasteiger partial charge >= 0.3 is 0 Å². The van der Waals surface area contributed by atoms with E-state index in [2.05, 4.69) is 22.0 Å². The lowest BCUT2D eigenvalue weighted by atomic mass is 10.1. The lowest BCUT2D eigenvalue weighted by Crippen LogP contribution is -1.85. The highest BCUT2D eigenvalue weighted by molar-refractivity contribution is 9.10. The normalized spacial score (nSPS) is 10.4. The fraction of sp³-hybridized carbons (Fsp3) is 0.100. The molecule has 0 aliphatic heterocycles. The van der Waals surface area contributed by atoms with Gasteiger partial charge in [0.15, 0.2) is 0 Å². The van der Waals surface area contributed by atoms with Crippen molar-refractivity contribution >= 4 is 49.0 Å². The summed E-state index contributed by atoms with van der Waals surface area (Å²) in [5, 5.41) is 12.5. The van der Waals surface area contributed by atoms with Crippen molar-refractivity contribution in [3.8, 4) is 6.07 Å². The van der Waals surface area contributed by atoms with Crippen molar-refractivity contribution in [3.05, 3.63) is 32.6 Å². The molecular formula is C10H5BrClNS. The second-order valence-corrected chi connectivity index (χ2v) is 5.00. The van der Waals surface area contributed by atoms with Crippen LogP contribution in [0.4, 0.5) is 0 Å². The smallest absolute Gasteiger partial charge is 0.0670 e. The van der Waals surface area contributed by atoms with E-state index < -0.39 is 0 Å². The Bertz CT molecular complexity index is 527. The number of hydrogen-bond acceptors (Lipinski definition) is 2. The monoisotopic (exact) mass is 285 g/mol. The van der Waals surface area contributed by atoms with Crippen molar-refractivity contribution < 1.29 is 0 Å². The van der Waals surface area contributed by atoms with Gasteiger partial charge in [0.05, 0.1) is 17.5 Å². The number of benzene rings is 1. The first-order valence-electron chi connectivity index (χ1n) is 3.95. The molecule has 0 saturated heterocycles. The fourth-order valence-electron chi connectivity index (χ4n) is 1.37. The maximum absolute atomic E-state index is 8.71. The van der Waals surface area contributed by atoms with Crippen LogP contribution in [0.1, 0.15) is 5.56 Å². The van der Waals surface area contributed by atoms with E-state index in [1.165, 1.54) is 0 Å². The minimum absolute atomic E-state index is 0.353. The second-order valence-electron chi connectivity index (χ2n) is 2.82. The van der Waals surface area contributed by atoms with E-state index in [4.69, 9.17) is 16.9 Å². The second kappa shape index (κ2) is 3.90. The Labute approximate surface area is 99.0 Å². The molecule has 0 amide bonds. The molecule has 0 bridgehead atoms. The molecule has 0 saturated carbocycles. The molecule has 4 heteroatoms. The summed E-state index contributed by atoms with van der Waals surface area (Å²) in [6.45, 7) is 0. The summed E-state index contributed by atoms with van der Waals surface area (Å²) in [5.74, 6) is 0. The summed E-state index contributed by atoms with van der Waals surface area (Å²) in [7, 11) is 0. The predicted octanol–water partition coefficient (Wildman–Crippen LogP) is 4.38. The molecule has 2 aromatic rings. The van der Waals surface area contributed by atoms with Gasteiger partial charge < -0.3 is 0 Å². The number of thiophene rings is 1. The fourth-order valence-corrected chi connectivity index (χ4v) is 3.07. The number of hydrogen-bond donors (Lipinski definition) is 0. The first-order chi connectivity index (χ1) is 6.74. The molecular weight excluding hydrogens is 282 g/mol. The molecule has 1 aromatic carbocycles. The Kier molecular flexibility index (Phi) is 2.78. The first-order valence-corrected chi connectivity index (χ1v) is 6.00. The van der Waals surface area contributed by atoms with E-state index in [0.717, 1.165) is 20.1 Å². The minimum atomic E-state index is 0.353. The van der Waals surface area contributed by atoms with Crippen molar-refractivity contribution in [2.75, 3.05) is 0 Å². The third-order valence-corrected chi connectivity index (χ3v) is 4.16. The molecule has 0 N–H and O–H groups in total. The number of rotatable bonds is 1. The Morgan fingerprint density at radius 3 is 3.07 bits per heavy atom. The van der Waals surface area contributed by atoms with Crippen molar-refractivity contribution in [2.45, 2.75) is 6.42 Å². The highest BCUT2D eigenvalue weighted by atomic mass is 79.9. The Balaban J connectivity index is 2.81. The van der Waals surface area contributed by atoms with E-state index in [0.29, 0.717) is 11.4 Å². The van der Waals surface area contributed by atoms with Crippen LogP contribution in [0.3, 0.4) is 0 Å². The van der Waals surface area contributed by atoms with Crippen LogP contribution in [0.5, 0.6) is 0 Å². The van der Waals surface area contributed by atoms with Gasteiger partial charge in [0.1, 0.15) is 0 Å². The minimum Gasteiger partial charge on any atom is -0.198 e. The molecule has 70 valence electrons. The molecule has 0 spiro atoms. The SMILES string of the molecule is N#CCc1c(Cl)c(Br)cc2sccc12. The van der Waals surface area contributed by atoms with E-state index in [-0.39, 0.29) is 0 Å². The summed E-state index contributed by atoms with van der Waals surface area (Å²) in [4.78, 5) is 0. The molecule has 1 aromatic heterocycles. The van der Waals surface area contributed by atoms with Crippen molar-refractivity contribution in [1.82, 2.24) is 0 Å². The predicted molar refractivity (Wildman–Crippen MR) is 63.9 cm³/mol. The quantitative estimate of drug-likeness (QED) is 0.763. The topological polar surface area (TPSA) is 23.8 Å². The third-order valence-electron chi connectivity index (χ3n) is 2.01. The van der Waals surface area contributed by atoms with Crippen molar-refractivity contribution in [2.24, 2.45) is 0 Å². The third kappa shape index (κ3) is 1.54. The van der Waals surface area contributed by atoms with Crippen molar-refractivity contribution in [3.63, 3.8) is 0 Å². The number of nitrogens with zero attached hydrogens (tertiary/aromatic N) is 1. The van der Waals surface area contributed by atoms with Crippen LogP contribution < -0.4 is 0 Å². The summed E-state index contributed by atoms with van der Waals surface area (Å²) in [6.07, 6.45) is 0.353. The van der Waals surface area contributed by atoms with Crippen LogP contribution in [-0.2, 0) is 6.42 Å². The van der Waals surface area contributed by atoms with Crippen molar-refractivity contribution in [1.29, 1.82) is 5.26 Å². The van der Waals surface area contributed by atoms with E-state index in [9.17, 15) is 0 Å². The highest BCUT2D eigenvalue weighted by Crippen LogP contribution is 2.35. The molecule has 1 heterocycles. The summed E-state index contributed by atoms with van der Waals surface area (Å²) < 4.78 is 2.02. The standard InChI is InChI=1S/C10H5BrClNS/c11-8-5-9-6(2-4-14-9)7(1-3-13)10(8)12/h2,4-5H,1H2. The Morgan fingerprint density at radius 2 is 2.36 bits per heavy atom. The van der Waals surface area contributed by atoms with E-state index in [1.807, 2.05) is 17.5 Å². The van der Waals surface area contributed by atoms with Gasteiger partial charge in [-0.25, -0.2) is 0 Å². The van der Waals surface area contributed by atoms with E-state index >= 15 is 0 Å². The molecule has 0 atom stereocenters. The molecule has 0 fully saturated rings. The average molecular weight is 287 g/mol. The molecule has 0 unspecified atom stereocenters. The zero-order chi connectivity index (χ0) is 10.1. The van der Waals surface area contributed by atoms with E-state index in [1.54, 1.807) is 11.3 Å². The maximum Gasteiger partial charge on any atom is 0.0670 e. The van der Waals surface area contributed by atoms with Crippen LogP contribution in [0.25, 0.3) is 10.1 Å². The summed E-state index contributed by atoms with van der Waals surface area (Å²) in [5.41, 5.74) is 0.916. The molecule has 0 aliphatic carbocycles. The summed E-state index contributed by atoms with van der Waals surface area (Å²) >= 11 is 11.2. The largest absolute Gasteiger partial charge is 0.198 e. The van der Waals surface area contributed by atoms with Crippen LogP contribution in [-0.4, -0.2) is 0 Å². The van der Waals surface area contributed by atoms with Crippen LogP contribution in [0.2, 0.25) is 5.02 Å². The van der Waals surface area contributed by atoms with Crippen LogP contribution in [0.15, 0.2) is 22.0 Å². The zero-order valence-electron chi connectivity index (χ0n) is 7.05. The molecule has 14 heavy (non-hydrogen) atoms. The van der Waals surface area contributed by atoms with Gasteiger partial charge in [-0.3, -0.25) is 0 Å². The highest BCUT2D eigenvalue weighted by Gasteiger charge is 2.10. The molecule has 1 nitrogen and oxygen atoms in total. The number of nitriles is 1. The lowest BCUT2D eigenvalue weighted by Gasteiger charge is -2.04. The molecule has 0 aliphatic rings. The number of halogens is 2. The van der Waals surface area contributed by atoms with Gasteiger partial charge in [0.2, 0.25) is 0 Å². The van der Waals surface area contributed by atoms with Crippen LogP contribution >= 0.6 is 38.9 Å². The summed E-state index contributed by atoms with van der Waals surface area (Å²) in [6, 6.07) is 6.13. The van der Waals surface area contributed by atoms with Gasteiger partial charge in [0.25, 0.3) is 0 Å².